The van der Waals surface area contributed by atoms with Gasteiger partial charge in [0.05, 0.1) is 16.8 Å². The van der Waals surface area contributed by atoms with Gasteiger partial charge in [-0.15, -0.1) is 11.8 Å². The second kappa shape index (κ2) is 4.82. The molecule has 1 aromatic heterocycles. The summed E-state index contributed by atoms with van der Waals surface area (Å²) in [5.41, 5.74) is 0.923. The van der Waals surface area contributed by atoms with Crippen molar-refractivity contribution in [3.05, 3.63) is 38.9 Å². The van der Waals surface area contributed by atoms with Crippen molar-refractivity contribution < 1.29 is 4.79 Å². The van der Waals surface area contributed by atoms with Crippen LogP contribution in [0.5, 0.6) is 0 Å². The van der Waals surface area contributed by atoms with Gasteiger partial charge in [0.15, 0.2) is 4.77 Å². The second-order valence-corrected chi connectivity index (χ2v) is 5.76. The first-order valence-electron chi connectivity index (χ1n) is 5.78. The number of benzene rings is 1. The van der Waals surface area contributed by atoms with Crippen molar-refractivity contribution in [2.75, 3.05) is 18.2 Å². The van der Waals surface area contributed by atoms with Crippen LogP contribution in [0.15, 0.2) is 23.0 Å². The van der Waals surface area contributed by atoms with E-state index in [1.807, 2.05) is 0 Å². The molecule has 0 radical (unpaired) electrons. The number of thioether (sulfide) groups is 1. The lowest BCUT2D eigenvalue weighted by Gasteiger charge is -2.14. The molecule has 5 nitrogen and oxygen atoms in total. The molecule has 1 aliphatic heterocycles. The molecule has 0 spiro atoms. The molecule has 1 fully saturated rings. The number of nitrogens with one attached hydrogen (secondary N) is 2. The van der Waals surface area contributed by atoms with Crippen LogP contribution >= 0.6 is 24.0 Å². The summed E-state index contributed by atoms with van der Waals surface area (Å²) in [4.78, 5) is 31.2. The highest BCUT2D eigenvalue weighted by atomic mass is 32.2. The number of carbonyl (C=O) groups is 1. The summed E-state index contributed by atoms with van der Waals surface area (Å²) in [6, 6.07) is 5.02. The molecule has 2 aromatic rings. The van der Waals surface area contributed by atoms with Crippen LogP contribution in [0.1, 0.15) is 10.4 Å². The maximum absolute atomic E-state index is 12.2. The smallest absolute Gasteiger partial charge is 0.259 e. The van der Waals surface area contributed by atoms with Crippen LogP contribution in [0.25, 0.3) is 10.9 Å². The van der Waals surface area contributed by atoms with Crippen LogP contribution in [-0.2, 0) is 0 Å². The first-order chi connectivity index (χ1) is 9.15. The maximum atomic E-state index is 12.2. The van der Waals surface area contributed by atoms with E-state index in [1.54, 1.807) is 34.9 Å². The molecular formula is C12H11N3O2S2. The van der Waals surface area contributed by atoms with Gasteiger partial charge in [-0.05, 0) is 30.4 Å². The molecule has 2 heterocycles. The standard InChI is InChI=1S/C12H11N3O2S2/c16-10-8-2-1-7(5-9(8)13-12(18)14-10)11(17)15-3-4-19-6-15/h1-2,5H,3-4,6H2,(H2,13,14,16,18). The number of rotatable bonds is 1. The Labute approximate surface area is 118 Å². The van der Waals surface area contributed by atoms with E-state index in [9.17, 15) is 9.59 Å². The van der Waals surface area contributed by atoms with E-state index >= 15 is 0 Å². The lowest BCUT2D eigenvalue weighted by atomic mass is 10.1. The lowest BCUT2D eigenvalue weighted by molar-refractivity contribution is 0.0803. The Morgan fingerprint density at radius 2 is 2.21 bits per heavy atom. The van der Waals surface area contributed by atoms with E-state index in [2.05, 4.69) is 9.97 Å². The number of amides is 1. The van der Waals surface area contributed by atoms with Crippen molar-refractivity contribution in [1.29, 1.82) is 0 Å². The highest BCUT2D eigenvalue weighted by Gasteiger charge is 2.20. The predicted molar refractivity (Wildman–Crippen MR) is 78.1 cm³/mol. The number of hydrogen-bond donors (Lipinski definition) is 2. The molecule has 0 saturated carbocycles. The molecular weight excluding hydrogens is 282 g/mol. The van der Waals surface area contributed by atoms with Gasteiger partial charge in [-0.2, -0.15) is 0 Å². The molecule has 7 heteroatoms. The summed E-state index contributed by atoms with van der Waals surface area (Å²) in [7, 11) is 0. The van der Waals surface area contributed by atoms with E-state index in [-0.39, 0.29) is 16.2 Å². The fourth-order valence-electron chi connectivity index (χ4n) is 2.06. The SMILES string of the molecule is O=C(c1ccc2c(=O)[nH]c(=S)[nH]c2c1)N1CCSC1. The minimum absolute atomic E-state index is 0.00787. The van der Waals surface area contributed by atoms with E-state index in [4.69, 9.17) is 12.2 Å². The van der Waals surface area contributed by atoms with Gasteiger partial charge in [0.2, 0.25) is 0 Å². The summed E-state index contributed by atoms with van der Waals surface area (Å²) >= 11 is 6.67. The lowest BCUT2D eigenvalue weighted by Crippen LogP contribution is -2.27. The Bertz CT molecular complexity index is 759. The fraction of sp³-hybridized carbons (Fsp3) is 0.250. The minimum Gasteiger partial charge on any atom is -0.332 e. The molecule has 98 valence electrons. The Kier molecular flexibility index (Phi) is 3.16. The van der Waals surface area contributed by atoms with Gasteiger partial charge in [-0.25, -0.2) is 0 Å². The minimum atomic E-state index is -0.241. The zero-order valence-corrected chi connectivity index (χ0v) is 11.6. The van der Waals surface area contributed by atoms with E-state index in [1.165, 1.54) is 0 Å². The van der Waals surface area contributed by atoms with Crippen LogP contribution in [-0.4, -0.2) is 38.9 Å². The summed E-state index contributed by atoms with van der Waals surface area (Å²) < 4.78 is 0.263. The molecule has 2 N–H and O–H groups in total. The molecule has 1 saturated heterocycles. The van der Waals surface area contributed by atoms with Crippen molar-refractivity contribution in [2.24, 2.45) is 0 Å². The van der Waals surface area contributed by atoms with Crippen LogP contribution in [0.4, 0.5) is 0 Å². The molecule has 0 aliphatic carbocycles. The average molecular weight is 293 g/mol. The highest BCUT2D eigenvalue weighted by Crippen LogP contribution is 2.18. The van der Waals surface area contributed by atoms with Crippen molar-refractivity contribution in [3.8, 4) is 0 Å². The molecule has 1 aromatic carbocycles. The molecule has 0 atom stereocenters. The predicted octanol–water partition coefficient (Wildman–Crippen LogP) is 1.73. The molecule has 3 rings (SSSR count). The van der Waals surface area contributed by atoms with Gasteiger partial charge >= 0.3 is 0 Å². The van der Waals surface area contributed by atoms with Crippen LogP contribution < -0.4 is 5.56 Å². The summed E-state index contributed by atoms with van der Waals surface area (Å²) in [5, 5.41) is 0.501. The van der Waals surface area contributed by atoms with Crippen molar-refractivity contribution >= 4 is 40.8 Å². The molecule has 0 bridgehead atoms. The first kappa shape index (κ1) is 12.4. The van der Waals surface area contributed by atoms with Crippen LogP contribution in [0, 0.1) is 4.77 Å². The van der Waals surface area contributed by atoms with Crippen LogP contribution in [0.3, 0.4) is 0 Å². The molecule has 19 heavy (non-hydrogen) atoms. The molecule has 1 amide bonds. The second-order valence-electron chi connectivity index (χ2n) is 4.27. The van der Waals surface area contributed by atoms with Gasteiger partial charge in [0, 0.05) is 17.9 Å². The van der Waals surface area contributed by atoms with Gasteiger partial charge in [0.1, 0.15) is 0 Å². The molecule has 0 unspecified atom stereocenters. The number of fused-ring (bicyclic) bond motifs is 1. The summed E-state index contributed by atoms with van der Waals surface area (Å²) in [6.07, 6.45) is 0. The number of carbonyl (C=O) groups excluding carboxylic acids is 1. The monoisotopic (exact) mass is 293 g/mol. The van der Waals surface area contributed by atoms with Gasteiger partial charge in [-0.1, -0.05) is 0 Å². The third kappa shape index (κ3) is 2.31. The summed E-state index contributed by atoms with van der Waals surface area (Å²) in [5.74, 6) is 1.69. The third-order valence-electron chi connectivity index (χ3n) is 3.03. The maximum Gasteiger partial charge on any atom is 0.259 e. The Morgan fingerprint density at radius 3 is 2.95 bits per heavy atom. The number of H-pyrrole nitrogens is 2. The zero-order chi connectivity index (χ0) is 13.4. The van der Waals surface area contributed by atoms with Crippen molar-refractivity contribution in [3.63, 3.8) is 0 Å². The zero-order valence-electron chi connectivity index (χ0n) is 9.93. The van der Waals surface area contributed by atoms with Gasteiger partial charge in [0.25, 0.3) is 11.5 Å². The average Bonchev–Trinajstić information content (AvgIpc) is 2.90. The van der Waals surface area contributed by atoms with Gasteiger partial charge in [-0.3, -0.25) is 14.6 Å². The van der Waals surface area contributed by atoms with Crippen LogP contribution in [0.2, 0.25) is 0 Å². The van der Waals surface area contributed by atoms with Crippen molar-refractivity contribution in [1.82, 2.24) is 14.9 Å². The largest absolute Gasteiger partial charge is 0.332 e. The van der Waals surface area contributed by atoms with Crippen molar-refractivity contribution in [2.45, 2.75) is 0 Å². The Hall–Kier alpha value is -1.60. The first-order valence-corrected chi connectivity index (χ1v) is 7.35. The Morgan fingerprint density at radius 1 is 1.37 bits per heavy atom. The van der Waals surface area contributed by atoms with Gasteiger partial charge < -0.3 is 9.88 Å². The van der Waals surface area contributed by atoms with E-state index < -0.39 is 0 Å². The van der Waals surface area contributed by atoms with E-state index in [0.717, 1.165) is 18.2 Å². The fourth-order valence-corrected chi connectivity index (χ4v) is 3.21. The number of aromatic nitrogens is 2. The normalized spacial score (nSPS) is 15.1. The van der Waals surface area contributed by atoms with E-state index in [0.29, 0.717) is 16.5 Å². The number of aromatic amines is 2. The quantitative estimate of drug-likeness (QED) is 0.786. The summed E-state index contributed by atoms with van der Waals surface area (Å²) in [6.45, 7) is 0.771. The highest BCUT2D eigenvalue weighted by molar-refractivity contribution is 7.99. The number of nitrogens with zero attached hydrogens (tertiary/aromatic N) is 1. The Balaban J connectivity index is 2.08. The topological polar surface area (TPSA) is 69.0 Å². The third-order valence-corrected chi connectivity index (χ3v) is 4.20. The number of hydrogen-bond acceptors (Lipinski definition) is 4. The molecule has 1 aliphatic rings.